The summed E-state index contributed by atoms with van der Waals surface area (Å²) in [6, 6.07) is 3.57. The van der Waals surface area contributed by atoms with E-state index in [9.17, 15) is 27.5 Å². The Morgan fingerprint density at radius 1 is 1.25 bits per heavy atom. The van der Waals surface area contributed by atoms with Crippen LogP contribution < -0.4 is 5.32 Å². The van der Waals surface area contributed by atoms with E-state index < -0.39 is 44.5 Å². The van der Waals surface area contributed by atoms with E-state index in [0.717, 1.165) is 0 Å². The fourth-order valence-electron chi connectivity index (χ4n) is 5.78. The van der Waals surface area contributed by atoms with E-state index >= 15 is 0 Å². The second-order valence-electron chi connectivity index (χ2n) is 10.8. The lowest BCUT2D eigenvalue weighted by molar-refractivity contribution is -0.152. The number of rotatable bonds is 7. The number of carbonyl (C=O) groups excluding carboxylic acids is 1. The van der Waals surface area contributed by atoms with Crippen LogP contribution in [0, 0.1) is 24.1 Å². The smallest absolute Gasteiger partial charge is 0.338 e. The zero-order valence-electron chi connectivity index (χ0n) is 22.4. The molecule has 3 aliphatic rings. The quantitative estimate of drug-likeness (QED) is 0.468. The first-order valence-electron chi connectivity index (χ1n) is 13.0. The van der Waals surface area contributed by atoms with Crippen LogP contribution in [0.4, 0.5) is 4.39 Å². The second kappa shape index (κ2) is 10.7. The van der Waals surface area contributed by atoms with E-state index in [1.165, 1.54) is 34.9 Å². The minimum atomic E-state index is -3.65. The molecule has 2 N–H and O–H groups in total. The molecule has 40 heavy (non-hydrogen) atoms. The number of aliphatic imine (C=N–C) groups is 1. The highest BCUT2D eigenvalue weighted by Crippen LogP contribution is 2.46. The number of piperidine rings is 1. The Hall–Kier alpha value is -3.16. The van der Waals surface area contributed by atoms with Crippen LogP contribution in [0.2, 0.25) is 0 Å². The van der Waals surface area contributed by atoms with Crippen molar-refractivity contribution in [3.8, 4) is 0 Å². The van der Waals surface area contributed by atoms with E-state index in [4.69, 9.17) is 9.73 Å². The summed E-state index contributed by atoms with van der Waals surface area (Å²) in [5.74, 6) is -1.68. The Morgan fingerprint density at radius 2 is 1.95 bits per heavy atom. The SMILES string of the molecule is COC(=O)C1=C(C2CCN(S(=O)(=O)[C@H]3C[C@](C)(C(=O)O)C3)CC2)NC(c2nccs2)=N[C@H]1c1ccc(F)cc1C. The van der Waals surface area contributed by atoms with Gasteiger partial charge in [-0.15, -0.1) is 11.3 Å². The van der Waals surface area contributed by atoms with Crippen molar-refractivity contribution >= 4 is 39.1 Å². The fourth-order valence-corrected chi connectivity index (χ4v) is 8.67. The number of carboxylic acid groups (broad SMARTS) is 1. The summed E-state index contributed by atoms with van der Waals surface area (Å²) >= 11 is 1.38. The van der Waals surface area contributed by atoms with Crippen LogP contribution in [-0.2, 0) is 24.3 Å². The highest BCUT2D eigenvalue weighted by molar-refractivity contribution is 7.89. The van der Waals surface area contributed by atoms with Gasteiger partial charge in [0.25, 0.3) is 0 Å². The maximum absolute atomic E-state index is 14.0. The number of esters is 1. The van der Waals surface area contributed by atoms with Crippen molar-refractivity contribution in [1.82, 2.24) is 14.6 Å². The number of aliphatic carboxylic acids is 1. The number of thiazole rings is 1. The van der Waals surface area contributed by atoms with Gasteiger partial charge in [-0.05, 0) is 62.8 Å². The van der Waals surface area contributed by atoms with Gasteiger partial charge in [0.15, 0.2) is 10.8 Å². The summed E-state index contributed by atoms with van der Waals surface area (Å²) < 4.78 is 47.1. The molecule has 1 atom stereocenters. The molecule has 1 saturated heterocycles. The molecular weight excluding hydrogens is 559 g/mol. The lowest BCUT2D eigenvalue weighted by atomic mass is 9.70. The van der Waals surface area contributed by atoms with Crippen molar-refractivity contribution in [3.63, 3.8) is 0 Å². The lowest BCUT2D eigenvalue weighted by Gasteiger charge is -2.44. The number of methoxy groups -OCH3 is 1. The molecule has 1 aromatic carbocycles. The lowest BCUT2D eigenvalue weighted by Crippen LogP contribution is -2.54. The number of hydrogen-bond donors (Lipinski definition) is 2. The first kappa shape index (κ1) is 28.4. The van der Waals surface area contributed by atoms with Crippen molar-refractivity contribution in [2.24, 2.45) is 16.3 Å². The van der Waals surface area contributed by atoms with Crippen molar-refractivity contribution in [1.29, 1.82) is 0 Å². The molecule has 2 aliphatic heterocycles. The van der Waals surface area contributed by atoms with Gasteiger partial charge in [0.1, 0.15) is 11.9 Å². The number of hydrogen-bond acceptors (Lipinski definition) is 9. The number of aryl methyl sites for hydroxylation is 1. The summed E-state index contributed by atoms with van der Waals surface area (Å²) in [4.78, 5) is 33.9. The van der Waals surface area contributed by atoms with Crippen molar-refractivity contribution in [2.45, 2.75) is 50.8 Å². The zero-order valence-corrected chi connectivity index (χ0v) is 24.0. The van der Waals surface area contributed by atoms with Gasteiger partial charge in [-0.2, -0.15) is 0 Å². The van der Waals surface area contributed by atoms with Gasteiger partial charge in [-0.25, -0.2) is 26.9 Å². The first-order chi connectivity index (χ1) is 18.9. The molecule has 0 unspecified atom stereocenters. The average Bonchev–Trinajstić information content (AvgIpc) is 3.45. The van der Waals surface area contributed by atoms with E-state index in [-0.39, 0.29) is 31.8 Å². The predicted octanol–water partition coefficient (Wildman–Crippen LogP) is 3.40. The summed E-state index contributed by atoms with van der Waals surface area (Å²) in [5.41, 5.74) is 1.17. The molecule has 2 aromatic rings. The number of allylic oxidation sites excluding steroid dienone is 1. The molecule has 2 fully saturated rings. The molecule has 1 aromatic heterocycles. The monoisotopic (exact) mass is 590 g/mol. The summed E-state index contributed by atoms with van der Waals surface area (Å²) in [7, 11) is -2.36. The largest absolute Gasteiger partial charge is 0.481 e. The van der Waals surface area contributed by atoms with Crippen LogP contribution in [0.5, 0.6) is 0 Å². The minimum Gasteiger partial charge on any atom is -0.481 e. The van der Waals surface area contributed by atoms with Crippen LogP contribution >= 0.6 is 11.3 Å². The highest BCUT2D eigenvalue weighted by Gasteiger charge is 2.53. The number of carbonyl (C=O) groups is 2. The average molecular weight is 591 g/mol. The van der Waals surface area contributed by atoms with Crippen LogP contribution in [0.25, 0.3) is 0 Å². The number of aromatic nitrogens is 1. The normalized spacial score (nSPS) is 26.1. The van der Waals surface area contributed by atoms with Gasteiger partial charge in [0, 0.05) is 36.3 Å². The van der Waals surface area contributed by atoms with Gasteiger partial charge in [0.2, 0.25) is 10.0 Å². The summed E-state index contributed by atoms with van der Waals surface area (Å²) in [5, 5.41) is 14.4. The Balaban J connectivity index is 1.45. The molecule has 0 bridgehead atoms. The Morgan fingerprint density at radius 3 is 2.52 bits per heavy atom. The molecule has 1 aliphatic carbocycles. The molecule has 3 heterocycles. The van der Waals surface area contributed by atoms with Crippen LogP contribution in [0.15, 0.2) is 46.0 Å². The molecule has 1 saturated carbocycles. The van der Waals surface area contributed by atoms with E-state index in [1.807, 2.05) is 5.38 Å². The van der Waals surface area contributed by atoms with Crippen molar-refractivity contribution < 1.29 is 32.2 Å². The van der Waals surface area contributed by atoms with E-state index in [2.05, 4.69) is 10.3 Å². The maximum Gasteiger partial charge on any atom is 0.338 e. The van der Waals surface area contributed by atoms with Crippen LogP contribution in [0.3, 0.4) is 0 Å². The molecule has 0 spiro atoms. The third-order valence-corrected chi connectivity index (χ3v) is 11.2. The van der Waals surface area contributed by atoms with Gasteiger partial charge >= 0.3 is 11.9 Å². The first-order valence-corrected chi connectivity index (χ1v) is 15.4. The third kappa shape index (κ3) is 5.06. The molecule has 0 radical (unpaired) electrons. The Kier molecular flexibility index (Phi) is 7.57. The second-order valence-corrected chi connectivity index (χ2v) is 13.9. The number of sulfonamides is 1. The maximum atomic E-state index is 14.0. The summed E-state index contributed by atoms with van der Waals surface area (Å²) in [6.07, 6.45) is 2.71. The van der Waals surface area contributed by atoms with Gasteiger partial charge in [-0.3, -0.25) is 9.79 Å². The highest BCUT2D eigenvalue weighted by atomic mass is 32.2. The standard InChI is InChI=1S/C27H31FN4O6S2/c1-15-12-17(28)4-5-19(15)22-20(25(33)38-3)21(30-23(31-22)24-29-8-11-39-24)16-6-9-32(10-7-16)40(36,37)18-13-27(2,14-18)26(34)35/h4-5,8,11-12,16,18,22H,6-7,9-10,13-14H2,1-3H3,(H,30,31)(H,34,35)/t18-,22-,27-/m0/s1. The van der Waals surface area contributed by atoms with E-state index in [0.29, 0.717) is 46.1 Å². The fraction of sp³-hybridized carbons (Fsp3) is 0.481. The minimum absolute atomic E-state index is 0.0934. The number of carboxylic acids is 1. The number of nitrogens with zero attached hydrogens (tertiary/aromatic N) is 3. The molecule has 5 rings (SSSR count). The number of nitrogens with one attached hydrogen (secondary N) is 1. The van der Waals surface area contributed by atoms with Crippen LogP contribution in [0.1, 0.15) is 54.8 Å². The Bertz CT molecular complexity index is 1490. The zero-order chi connectivity index (χ0) is 28.8. The van der Waals surface area contributed by atoms with E-state index in [1.54, 1.807) is 26.1 Å². The number of ether oxygens (including phenoxy) is 1. The van der Waals surface area contributed by atoms with Gasteiger partial charge in [0.05, 0.1) is 23.3 Å². The number of benzene rings is 1. The molecule has 13 heteroatoms. The topological polar surface area (TPSA) is 138 Å². The third-order valence-electron chi connectivity index (χ3n) is 8.16. The molecule has 10 nitrogen and oxygen atoms in total. The number of amidine groups is 1. The van der Waals surface area contributed by atoms with Crippen molar-refractivity contribution in [3.05, 3.63) is 63.0 Å². The Labute approximate surface area is 236 Å². The number of halogens is 1. The van der Waals surface area contributed by atoms with Crippen LogP contribution in [-0.4, -0.2) is 66.0 Å². The van der Waals surface area contributed by atoms with Gasteiger partial charge < -0.3 is 15.2 Å². The summed E-state index contributed by atoms with van der Waals surface area (Å²) in [6.45, 7) is 3.80. The molecular formula is C27H31FN4O6S2. The molecule has 214 valence electrons. The van der Waals surface area contributed by atoms with Gasteiger partial charge in [-0.1, -0.05) is 6.07 Å². The van der Waals surface area contributed by atoms with Crippen molar-refractivity contribution in [2.75, 3.05) is 20.2 Å². The predicted molar refractivity (Wildman–Crippen MR) is 147 cm³/mol. The molecule has 0 amide bonds.